The molecule has 0 radical (unpaired) electrons. The molecular weight excluding hydrogens is 316 g/mol. The molecule has 0 amide bonds. The summed E-state index contributed by atoms with van der Waals surface area (Å²) in [6.45, 7) is -0.163. The summed E-state index contributed by atoms with van der Waals surface area (Å²) in [6, 6.07) is 0. The molecule has 21 heavy (non-hydrogen) atoms. The monoisotopic (exact) mass is 342 g/mol. The zero-order valence-corrected chi connectivity index (χ0v) is 13.0. The molecule has 6 nitrogen and oxygen atoms in total. The van der Waals surface area contributed by atoms with Crippen LogP contribution in [0.25, 0.3) is 0 Å². The normalized spacial score (nSPS) is 9.81. The molecular formula is C13H26O6S2. The first kappa shape index (κ1) is 22.8. The van der Waals surface area contributed by atoms with Gasteiger partial charge in [0.25, 0.3) is 0 Å². The van der Waals surface area contributed by atoms with Crippen molar-refractivity contribution < 1.29 is 29.3 Å². The maximum Gasteiger partial charge on any atom is 0.306 e. The number of thioether (sulfide) groups is 2. The van der Waals surface area contributed by atoms with E-state index in [-0.39, 0.29) is 45.8 Å². The lowest BCUT2D eigenvalue weighted by molar-refractivity contribution is -0.144. The van der Waals surface area contributed by atoms with Crippen molar-refractivity contribution in [3.05, 3.63) is 0 Å². The van der Waals surface area contributed by atoms with Crippen LogP contribution in [0.5, 0.6) is 0 Å². The van der Waals surface area contributed by atoms with Gasteiger partial charge in [-0.05, 0) is 0 Å². The second kappa shape index (κ2) is 17.6. The molecule has 0 aromatic carbocycles. The van der Waals surface area contributed by atoms with Crippen LogP contribution in [0.4, 0.5) is 0 Å². The Kier molecular flexibility index (Phi) is 19.2. The summed E-state index contributed by atoms with van der Waals surface area (Å²) in [5, 5.41) is 16.9. The van der Waals surface area contributed by atoms with Gasteiger partial charge in [0.1, 0.15) is 13.2 Å². The third-order valence-electron chi connectivity index (χ3n) is 1.98. The zero-order valence-electron chi connectivity index (χ0n) is 11.4. The van der Waals surface area contributed by atoms with Gasteiger partial charge in [-0.15, -0.1) is 0 Å². The van der Waals surface area contributed by atoms with Crippen LogP contribution in [0.2, 0.25) is 0 Å². The van der Waals surface area contributed by atoms with Crippen molar-refractivity contribution in [2.45, 2.75) is 20.3 Å². The van der Waals surface area contributed by atoms with Gasteiger partial charge in [0, 0.05) is 23.0 Å². The van der Waals surface area contributed by atoms with Crippen LogP contribution >= 0.6 is 23.5 Å². The molecule has 0 aromatic heterocycles. The van der Waals surface area contributed by atoms with Gasteiger partial charge in [0.2, 0.25) is 0 Å². The highest BCUT2D eigenvalue weighted by Crippen LogP contribution is 2.10. The lowest BCUT2D eigenvalue weighted by Crippen LogP contribution is -2.09. The molecule has 8 heteroatoms. The maximum atomic E-state index is 11.1. The largest absolute Gasteiger partial charge is 0.463 e. The van der Waals surface area contributed by atoms with Crippen molar-refractivity contribution >= 4 is 35.5 Å². The van der Waals surface area contributed by atoms with E-state index in [0.717, 1.165) is 11.5 Å². The Labute approximate surface area is 135 Å². The molecule has 2 N–H and O–H groups in total. The van der Waals surface area contributed by atoms with Crippen LogP contribution in [0.15, 0.2) is 0 Å². The quantitative estimate of drug-likeness (QED) is 0.377. The van der Waals surface area contributed by atoms with E-state index in [9.17, 15) is 9.59 Å². The molecule has 0 saturated heterocycles. The Bertz CT molecular complexity index is 237. The van der Waals surface area contributed by atoms with Crippen molar-refractivity contribution in [1.29, 1.82) is 0 Å². The number of aliphatic hydroxyl groups is 2. The molecule has 0 rings (SSSR count). The number of carbonyl (C=O) groups is 2. The van der Waals surface area contributed by atoms with Gasteiger partial charge in [-0.3, -0.25) is 9.59 Å². The van der Waals surface area contributed by atoms with Crippen LogP contribution in [-0.2, 0) is 19.1 Å². The Hall–Kier alpha value is -0.440. The van der Waals surface area contributed by atoms with Gasteiger partial charge in [-0.2, -0.15) is 23.5 Å². The van der Waals surface area contributed by atoms with Gasteiger partial charge < -0.3 is 19.7 Å². The van der Waals surface area contributed by atoms with Crippen molar-refractivity contribution in [3.8, 4) is 0 Å². The van der Waals surface area contributed by atoms with E-state index in [4.69, 9.17) is 19.7 Å². The third-order valence-corrected chi connectivity index (χ3v) is 4.21. The van der Waals surface area contributed by atoms with Gasteiger partial charge in [-0.25, -0.2) is 0 Å². The SMILES string of the molecule is C.O=C(CCSCCSCCC(=O)OCCO)OCCO. The molecule has 126 valence electrons. The van der Waals surface area contributed by atoms with Crippen LogP contribution < -0.4 is 0 Å². The highest BCUT2D eigenvalue weighted by Gasteiger charge is 2.03. The second-order valence-corrected chi connectivity index (χ2v) is 6.06. The summed E-state index contributed by atoms with van der Waals surface area (Å²) in [5.41, 5.74) is 0. The Morgan fingerprint density at radius 1 is 0.762 bits per heavy atom. The first-order valence-corrected chi connectivity index (χ1v) is 8.70. The third kappa shape index (κ3) is 17.5. The summed E-state index contributed by atoms with van der Waals surface area (Å²) in [4.78, 5) is 22.2. The fourth-order valence-corrected chi connectivity index (χ4v) is 3.07. The number of aliphatic hydroxyl groups excluding tert-OH is 2. The molecule has 0 aliphatic rings. The summed E-state index contributed by atoms with van der Waals surface area (Å²) in [6.07, 6.45) is 0.700. The second-order valence-electron chi connectivity index (χ2n) is 3.61. The van der Waals surface area contributed by atoms with E-state index in [1.807, 2.05) is 0 Å². The van der Waals surface area contributed by atoms with Crippen LogP contribution in [0, 0.1) is 0 Å². The number of ether oxygens (including phenoxy) is 2. The molecule has 0 spiro atoms. The summed E-state index contributed by atoms with van der Waals surface area (Å²) in [7, 11) is 0. The predicted octanol–water partition coefficient (Wildman–Crippen LogP) is 0.940. The molecule has 0 fully saturated rings. The number of esters is 2. The fraction of sp³-hybridized carbons (Fsp3) is 0.846. The molecule has 0 atom stereocenters. The van der Waals surface area contributed by atoms with Gasteiger partial charge in [0.05, 0.1) is 26.1 Å². The molecule has 0 bridgehead atoms. The van der Waals surface area contributed by atoms with Crippen LogP contribution in [0.1, 0.15) is 20.3 Å². The number of hydrogen-bond donors (Lipinski definition) is 2. The molecule has 0 aliphatic heterocycles. The fourth-order valence-electron chi connectivity index (χ4n) is 1.10. The van der Waals surface area contributed by atoms with Crippen molar-refractivity contribution in [2.75, 3.05) is 49.4 Å². The van der Waals surface area contributed by atoms with Crippen molar-refractivity contribution in [3.63, 3.8) is 0 Å². The lowest BCUT2D eigenvalue weighted by Gasteiger charge is -2.04. The van der Waals surface area contributed by atoms with Crippen molar-refractivity contribution in [2.24, 2.45) is 0 Å². The average Bonchev–Trinajstić information content (AvgIpc) is 2.45. The van der Waals surface area contributed by atoms with Gasteiger partial charge in [0.15, 0.2) is 0 Å². The minimum absolute atomic E-state index is 0. The highest BCUT2D eigenvalue weighted by atomic mass is 32.2. The van der Waals surface area contributed by atoms with Crippen LogP contribution in [0.3, 0.4) is 0 Å². The van der Waals surface area contributed by atoms with E-state index in [0.29, 0.717) is 24.3 Å². The topological polar surface area (TPSA) is 93.1 Å². The van der Waals surface area contributed by atoms with Crippen LogP contribution in [-0.4, -0.2) is 71.6 Å². The lowest BCUT2D eigenvalue weighted by atomic mass is 10.5. The van der Waals surface area contributed by atoms with E-state index in [1.165, 1.54) is 0 Å². The molecule has 0 unspecified atom stereocenters. The van der Waals surface area contributed by atoms with E-state index >= 15 is 0 Å². The van der Waals surface area contributed by atoms with E-state index in [1.54, 1.807) is 23.5 Å². The standard InChI is InChI=1S/C12H22O6S2.CH4/c13-3-5-17-11(15)1-7-19-9-10-20-8-2-12(16)18-6-4-14;/h13-14H,1-10H2;1H4. The van der Waals surface area contributed by atoms with Crippen molar-refractivity contribution in [1.82, 2.24) is 0 Å². The highest BCUT2D eigenvalue weighted by molar-refractivity contribution is 8.02. The molecule has 0 aliphatic carbocycles. The molecule has 0 aromatic rings. The number of hydrogen-bond acceptors (Lipinski definition) is 8. The zero-order chi connectivity index (χ0) is 15.1. The average molecular weight is 342 g/mol. The Morgan fingerprint density at radius 3 is 1.48 bits per heavy atom. The van der Waals surface area contributed by atoms with E-state index in [2.05, 4.69) is 0 Å². The smallest absolute Gasteiger partial charge is 0.306 e. The van der Waals surface area contributed by atoms with E-state index < -0.39 is 0 Å². The predicted molar refractivity (Wildman–Crippen MR) is 86.7 cm³/mol. The minimum atomic E-state index is -0.286. The summed E-state index contributed by atoms with van der Waals surface area (Å²) < 4.78 is 9.44. The Balaban J connectivity index is 0. The number of carbonyl (C=O) groups excluding carboxylic acids is 2. The Morgan fingerprint density at radius 2 is 1.14 bits per heavy atom. The molecule has 0 heterocycles. The minimum Gasteiger partial charge on any atom is -0.463 e. The molecule has 0 saturated carbocycles. The summed E-state index contributed by atoms with van der Waals surface area (Å²) >= 11 is 3.31. The summed E-state index contributed by atoms with van der Waals surface area (Å²) in [5.74, 6) is 2.64. The van der Waals surface area contributed by atoms with Gasteiger partial charge >= 0.3 is 11.9 Å². The maximum absolute atomic E-state index is 11.1. The number of rotatable bonds is 13. The first-order valence-electron chi connectivity index (χ1n) is 6.39. The van der Waals surface area contributed by atoms with Gasteiger partial charge in [-0.1, -0.05) is 7.43 Å². The first-order chi connectivity index (χ1) is 9.70.